The summed E-state index contributed by atoms with van der Waals surface area (Å²) >= 11 is 0. The summed E-state index contributed by atoms with van der Waals surface area (Å²) < 4.78 is 32.8. The van der Waals surface area contributed by atoms with Crippen LogP contribution in [0.1, 0.15) is 13.8 Å². The van der Waals surface area contributed by atoms with Crippen LogP contribution in [0.3, 0.4) is 0 Å². The number of nitrogens with one attached hydrogen (secondary N) is 1. The van der Waals surface area contributed by atoms with Gasteiger partial charge in [0.15, 0.2) is 0 Å². The molecule has 2 rings (SSSR count). The molecule has 1 fully saturated rings. The van der Waals surface area contributed by atoms with Gasteiger partial charge in [0.2, 0.25) is 10.0 Å². The van der Waals surface area contributed by atoms with Crippen molar-refractivity contribution in [3.63, 3.8) is 0 Å². The second-order valence-corrected chi connectivity index (χ2v) is 7.63. The monoisotopic (exact) mass is 314 g/mol. The lowest BCUT2D eigenvalue weighted by Gasteiger charge is -2.41. The van der Waals surface area contributed by atoms with E-state index in [-0.39, 0.29) is 24.6 Å². The predicted octanol–water partition coefficient (Wildman–Crippen LogP) is 0.889. The van der Waals surface area contributed by atoms with Crippen LogP contribution in [0, 0.1) is 0 Å². The third kappa shape index (κ3) is 3.37. The molecule has 0 spiro atoms. The molecule has 0 radical (unpaired) electrons. The summed E-state index contributed by atoms with van der Waals surface area (Å²) in [6.07, 6.45) is -0.509. The zero-order valence-electron chi connectivity index (χ0n) is 12.5. The fraction of sp³-hybridized carbons (Fsp3) is 0.571. The van der Waals surface area contributed by atoms with Crippen molar-refractivity contribution in [2.24, 2.45) is 0 Å². The molecule has 1 aromatic rings. The van der Waals surface area contributed by atoms with Crippen LogP contribution < -0.4 is 5.32 Å². The first-order valence-electron chi connectivity index (χ1n) is 6.86. The average Bonchev–Trinajstić information content (AvgIpc) is 2.45. The summed E-state index contributed by atoms with van der Waals surface area (Å²) in [6.45, 7) is 3.84. The van der Waals surface area contributed by atoms with E-state index in [0.717, 1.165) is 0 Å². The number of sulfonamides is 1. The predicted molar refractivity (Wildman–Crippen MR) is 80.8 cm³/mol. The highest BCUT2D eigenvalue weighted by atomic mass is 32.2. The molecule has 21 heavy (non-hydrogen) atoms. The number of rotatable bonds is 4. The number of benzene rings is 1. The molecule has 6 nitrogen and oxygen atoms in total. The molecule has 1 aliphatic heterocycles. The molecule has 118 valence electrons. The minimum Gasteiger partial charge on any atom is -0.394 e. The van der Waals surface area contributed by atoms with E-state index >= 15 is 0 Å². The van der Waals surface area contributed by atoms with E-state index in [2.05, 4.69) is 5.32 Å². The topological polar surface area (TPSA) is 78.9 Å². The fourth-order valence-electron chi connectivity index (χ4n) is 2.56. The van der Waals surface area contributed by atoms with Crippen molar-refractivity contribution < 1.29 is 18.3 Å². The molecule has 7 heteroatoms. The molecule has 0 amide bonds. The Morgan fingerprint density at radius 3 is 2.71 bits per heavy atom. The van der Waals surface area contributed by atoms with Crippen LogP contribution in [0.4, 0.5) is 5.69 Å². The van der Waals surface area contributed by atoms with Crippen LogP contribution in [0.5, 0.6) is 0 Å². The normalized spacial score (nSPS) is 23.0. The Morgan fingerprint density at radius 1 is 1.43 bits per heavy atom. The van der Waals surface area contributed by atoms with Gasteiger partial charge in [-0.3, -0.25) is 0 Å². The minimum absolute atomic E-state index is 0.153. The Labute approximate surface area is 125 Å². The maximum absolute atomic E-state index is 12.9. The molecular weight excluding hydrogens is 292 g/mol. The maximum atomic E-state index is 12.9. The van der Waals surface area contributed by atoms with Crippen LogP contribution in [-0.2, 0) is 14.8 Å². The van der Waals surface area contributed by atoms with Gasteiger partial charge in [-0.25, -0.2) is 8.42 Å². The van der Waals surface area contributed by atoms with Gasteiger partial charge in [-0.15, -0.1) is 0 Å². The van der Waals surface area contributed by atoms with E-state index < -0.39 is 21.7 Å². The zero-order chi connectivity index (χ0) is 15.7. The van der Waals surface area contributed by atoms with E-state index in [0.29, 0.717) is 5.69 Å². The van der Waals surface area contributed by atoms with Crippen LogP contribution >= 0.6 is 0 Å². The number of hydrogen-bond acceptors (Lipinski definition) is 5. The van der Waals surface area contributed by atoms with Gasteiger partial charge in [0.05, 0.1) is 24.0 Å². The number of aliphatic hydroxyl groups is 1. The zero-order valence-corrected chi connectivity index (χ0v) is 13.4. The molecule has 1 unspecified atom stereocenters. The lowest BCUT2D eigenvalue weighted by Crippen LogP contribution is -2.55. The first-order chi connectivity index (χ1) is 9.80. The molecule has 0 aromatic heterocycles. The van der Waals surface area contributed by atoms with Crippen molar-refractivity contribution in [2.75, 3.05) is 32.1 Å². The molecule has 0 saturated carbocycles. The van der Waals surface area contributed by atoms with Crippen molar-refractivity contribution in [3.8, 4) is 0 Å². The van der Waals surface area contributed by atoms with Crippen molar-refractivity contribution in [1.29, 1.82) is 0 Å². The second kappa shape index (κ2) is 5.92. The summed E-state index contributed by atoms with van der Waals surface area (Å²) in [5, 5.41) is 12.2. The summed E-state index contributed by atoms with van der Waals surface area (Å²) in [4.78, 5) is 0.238. The lowest BCUT2D eigenvalue weighted by molar-refractivity contribution is -0.131. The summed E-state index contributed by atoms with van der Waals surface area (Å²) in [5.74, 6) is 0. The second-order valence-electron chi connectivity index (χ2n) is 5.73. The van der Waals surface area contributed by atoms with Crippen molar-refractivity contribution in [2.45, 2.75) is 30.4 Å². The van der Waals surface area contributed by atoms with Crippen molar-refractivity contribution in [3.05, 3.63) is 24.3 Å². The Balaban J connectivity index is 2.39. The minimum atomic E-state index is -3.64. The number of aliphatic hydroxyl groups excluding tert-OH is 1. The molecule has 1 heterocycles. The third-order valence-corrected chi connectivity index (χ3v) is 5.30. The summed E-state index contributed by atoms with van der Waals surface area (Å²) in [6, 6.07) is 6.78. The van der Waals surface area contributed by atoms with E-state index in [9.17, 15) is 13.5 Å². The molecule has 1 aliphatic rings. The number of nitrogens with zero attached hydrogens (tertiary/aromatic N) is 1. The van der Waals surface area contributed by atoms with Gasteiger partial charge in [-0.1, -0.05) is 12.1 Å². The van der Waals surface area contributed by atoms with Crippen LogP contribution in [0.15, 0.2) is 29.2 Å². The first kappa shape index (κ1) is 16.2. The summed E-state index contributed by atoms with van der Waals surface area (Å²) in [7, 11) is -1.95. The number of anilines is 1. The van der Waals surface area contributed by atoms with E-state index in [1.807, 2.05) is 13.8 Å². The Bertz CT molecular complexity index is 601. The Morgan fingerprint density at radius 2 is 2.10 bits per heavy atom. The summed E-state index contributed by atoms with van der Waals surface area (Å²) in [5.41, 5.74) is -0.0739. The van der Waals surface area contributed by atoms with E-state index in [4.69, 9.17) is 4.74 Å². The van der Waals surface area contributed by atoms with Gasteiger partial charge in [-0.2, -0.15) is 4.31 Å². The molecule has 1 aromatic carbocycles. The van der Waals surface area contributed by atoms with Gasteiger partial charge >= 0.3 is 0 Å². The highest BCUT2D eigenvalue weighted by Crippen LogP contribution is 2.29. The molecular formula is C14H22N2O4S. The highest BCUT2D eigenvalue weighted by molar-refractivity contribution is 7.89. The van der Waals surface area contributed by atoms with Gasteiger partial charge in [0, 0.05) is 20.1 Å². The van der Waals surface area contributed by atoms with E-state index in [1.165, 1.54) is 4.31 Å². The number of para-hydroxylation sites is 1. The fourth-order valence-corrected chi connectivity index (χ4v) is 4.38. The number of morpholine rings is 1. The van der Waals surface area contributed by atoms with Crippen molar-refractivity contribution >= 4 is 15.7 Å². The maximum Gasteiger partial charge on any atom is 0.245 e. The SMILES string of the molecule is CNc1ccccc1S(=O)(=O)N1CC(CO)OC(C)(C)C1. The van der Waals surface area contributed by atoms with Crippen molar-refractivity contribution in [1.82, 2.24) is 4.31 Å². The standard InChI is InChI=1S/C14H22N2O4S/c1-14(2)10-16(8-11(9-17)20-14)21(18,19)13-7-5-4-6-12(13)15-3/h4-7,11,15,17H,8-10H2,1-3H3. The van der Waals surface area contributed by atoms with Gasteiger partial charge in [0.1, 0.15) is 4.90 Å². The van der Waals surface area contributed by atoms with Crippen LogP contribution in [0.2, 0.25) is 0 Å². The first-order valence-corrected chi connectivity index (χ1v) is 8.30. The average molecular weight is 314 g/mol. The van der Waals surface area contributed by atoms with Gasteiger partial charge in [0.25, 0.3) is 0 Å². The van der Waals surface area contributed by atoms with Crippen LogP contribution in [0.25, 0.3) is 0 Å². The quantitative estimate of drug-likeness (QED) is 0.863. The number of ether oxygens (including phenoxy) is 1. The smallest absolute Gasteiger partial charge is 0.245 e. The molecule has 2 N–H and O–H groups in total. The molecule has 0 aliphatic carbocycles. The van der Waals surface area contributed by atoms with Gasteiger partial charge in [-0.05, 0) is 26.0 Å². The number of hydrogen-bond donors (Lipinski definition) is 2. The lowest BCUT2D eigenvalue weighted by atomic mass is 10.1. The molecule has 1 atom stereocenters. The molecule has 0 bridgehead atoms. The highest BCUT2D eigenvalue weighted by Gasteiger charge is 2.39. The largest absolute Gasteiger partial charge is 0.394 e. The van der Waals surface area contributed by atoms with E-state index in [1.54, 1.807) is 31.3 Å². The Hall–Kier alpha value is -1.15. The molecule has 1 saturated heterocycles. The van der Waals surface area contributed by atoms with Gasteiger partial charge < -0.3 is 15.2 Å². The Kier molecular flexibility index (Phi) is 4.57. The van der Waals surface area contributed by atoms with Crippen LogP contribution in [-0.4, -0.2) is 56.3 Å². The third-order valence-electron chi connectivity index (χ3n) is 3.43.